The van der Waals surface area contributed by atoms with Gasteiger partial charge in [0.05, 0.1) is 24.3 Å². The van der Waals surface area contributed by atoms with Gasteiger partial charge in [0.1, 0.15) is 18.5 Å². The van der Waals surface area contributed by atoms with Gasteiger partial charge in [0.2, 0.25) is 5.91 Å². The number of likely N-dealkylation sites (N-methyl/N-ethyl adjacent to an activating group) is 1. The molecule has 1 aromatic carbocycles. The van der Waals surface area contributed by atoms with Crippen LogP contribution in [0.2, 0.25) is 0 Å². The van der Waals surface area contributed by atoms with E-state index in [0.717, 1.165) is 17.8 Å². The van der Waals surface area contributed by atoms with Gasteiger partial charge < -0.3 is 15.2 Å². The molecule has 0 aliphatic heterocycles. The Hall–Kier alpha value is -2.65. The Morgan fingerprint density at radius 1 is 1.25 bits per heavy atom. The van der Waals surface area contributed by atoms with Gasteiger partial charge in [-0.2, -0.15) is 13.2 Å². The van der Waals surface area contributed by atoms with Crippen molar-refractivity contribution >= 4 is 5.91 Å². The molecule has 1 aromatic heterocycles. The average Bonchev–Trinajstić information content (AvgIpc) is 2.65. The number of ether oxygens (including phenoxy) is 1. The zero-order chi connectivity index (χ0) is 20.6. The highest BCUT2D eigenvalue weighted by Crippen LogP contribution is 2.30. The molecular weight excluding hydrogens is 375 g/mol. The first kappa shape index (κ1) is 21.6. The third kappa shape index (κ3) is 7.53. The van der Waals surface area contributed by atoms with Gasteiger partial charge in [-0.15, -0.1) is 0 Å². The number of rotatable bonds is 9. The van der Waals surface area contributed by atoms with E-state index < -0.39 is 17.8 Å². The largest absolute Gasteiger partial charge is 0.491 e. The summed E-state index contributed by atoms with van der Waals surface area (Å²) in [5, 5.41) is 12.7. The van der Waals surface area contributed by atoms with Crippen LogP contribution in [0, 0.1) is 0 Å². The Kier molecular flexibility index (Phi) is 7.77. The molecule has 2 N–H and O–H groups in total. The first-order valence-electron chi connectivity index (χ1n) is 8.57. The van der Waals surface area contributed by atoms with Gasteiger partial charge in [-0.1, -0.05) is 6.07 Å². The molecule has 2 aromatic rings. The summed E-state index contributed by atoms with van der Waals surface area (Å²) < 4.78 is 42.8. The van der Waals surface area contributed by atoms with Crippen LogP contribution in [0.25, 0.3) is 0 Å². The summed E-state index contributed by atoms with van der Waals surface area (Å²) in [6.07, 6.45) is -3.67. The molecule has 0 radical (unpaired) electrons. The number of nitrogens with zero attached hydrogens (tertiary/aromatic N) is 2. The molecule has 0 saturated heterocycles. The monoisotopic (exact) mass is 397 g/mol. The normalized spacial score (nSPS) is 12.6. The average molecular weight is 397 g/mol. The molecule has 0 bridgehead atoms. The highest BCUT2D eigenvalue weighted by Gasteiger charge is 2.30. The second kappa shape index (κ2) is 10.0. The van der Waals surface area contributed by atoms with E-state index in [0.29, 0.717) is 6.54 Å². The molecule has 0 aliphatic rings. The molecule has 1 amide bonds. The van der Waals surface area contributed by atoms with Crippen LogP contribution in [-0.2, 0) is 17.5 Å². The summed E-state index contributed by atoms with van der Waals surface area (Å²) in [6, 6.07) is 9.64. The fourth-order valence-corrected chi connectivity index (χ4v) is 2.40. The van der Waals surface area contributed by atoms with E-state index in [-0.39, 0.29) is 31.4 Å². The molecule has 9 heteroatoms. The molecule has 152 valence electrons. The lowest BCUT2D eigenvalue weighted by molar-refractivity contribution is -0.137. The van der Waals surface area contributed by atoms with E-state index in [1.54, 1.807) is 30.3 Å². The van der Waals surface area contributed by atoms with Crippen molar-refractivity contribution in [2.24, 2.45) is 0 Å². The number of hydrogen-bond acceptors (Lipinski definition) is 5. The standard InChI is InChI=1S/C19H22F3N3O3/c1-25(12-18(27)24-10-15-4-2-3-9-23-15)11-16(26)13-28-17-7-5-14(6-8-17)19(20,21)22/h2-9,16,26H,10-13H2,1H3,(H,24,27). The topological polar surface area (TPSA) is 74.7 Å². The number of carbonyl (C=O) groups is 1. The van der Waals surface area contributed by atoms with E-state index in [1.807, 2.05) is 6.07 Å². The Morgan fingerprint density at radius 3 is 2.57 bits per heavy atom. The number of amides is 1. The van der Waals surface area contributed by atoms with E-state index in [4.69, 9.17) is 4.74 Å². The van der Waals surface area contributed by atoms with Crippen molar-refractivity contribution in [3.63, 3.8) is 0 Å². The van der Waals surface area contributed by atoms with Crippen LogP contribution in [0.3, 0.4) is 0 Å². The van der Waals surface area contributed by atoms with Gasteiger partial charge in [0, 0.05) is 12.7 Å². The molecule has 1 unspecified atom stereocenters. The van der Waals surface area contributed by atoms with Crippen LogP contribution in [0.4, 0.5) is 13.2 Å². The number of hydrogen-bond donors (Lipinski definition) is 2. The van der Waals surface area contributed by atoms with E-state index >= 15 is 0 Å². The predicted octanol–water partition coefficient (Wildman–Crippen LogP) is 2.09. The molecule has 0 spiro atoms. The van der Waals surface area contributed by atoms with Crippen LogP contribution in [0.1, 0.15) is 11.3 Å². The van der Waals surface area contributed by atoms with Crippen LogP contribution in [-0.4, -0.2) is 53.7 Å². The van der Waals surface area contributed by atoms with Crippen molar-refractivity contribution in [3.05, 3.63) is 59.9 Å². The number of halogens is 3. The quantitative estimate of drug-likeness (QED) is 0.678. The number of pyridine rings is 1. The van der Waals surface area contributed by atoms with Gasteiger partial charge in [-0.25, -0.2) is 0 Å². The van der Waals surface area contributed by atoms with Gasteiger partial charge >= 0.3 is 6.18 Å². The first-order chi connectivity index (χ1) is 13.2. The van der Waals surface area contributed by atoms with Gasteiger partial charge in [-0.3, -0.25) is 14.7 Å². The van der Waals surface area contributed by atoms with Crippen molar-refractivity contribution in [2.75, 3.05) is 26.7 Å². The minimum atomic E-state index is -4.40. The highest BCUT2D eigenvalue weighted by atomic mass is 19.4. The summed E-state index contributed by atoms with van der Waals surface area (Å²) in [7, 11) is 1.67. The molecule has 0 fully saturated rings. The number of aliphatic hydroxyl groups excluding tert-OH is 1. The predicted molar refractivity (Wildman–Crippen MR) is 96.5 cm³/mol. The van der Waals surface area contributed by atoms with E-state index in [1.165, 1.54) is 12.1 Å². The van der Waals surface area contributed by atoms with Crippen LogP contribution < -0.4 is 10.1 Å². The number of nitrogens with one attached hydrogen (secondary N) is 1. The van der Waals surface area contributed by atoms with E-state index in [2.05, 4.69) is 10.3 Å². The first-order valence-corrected chi connectivity index (χ1v) is 8.57. The van der Waals surface area contributed by atoms with Crippen LogP contribution in [0.15, 0.2) is 48.7 Å². The lowest BCUT2D eigenvalue weighted by Gasteiger charge is -2.20. The summed E-state index contributed by atoms with van der Waals surface area (Å²) in [4.78, 5) is 17.6. The number of carbonyl (C=O) groups excluding carboxylic acids is 1. The summed E-state index contributed by atoms with van der Waals surface area (Å²) in [6.45, 7) is 0.445. The third-order valence-corrected chi connectivity index (χ3v) is 3.75. The smallest absolute Gasteiger partial charge is 0.416 e. The summed E-state index contributed by atoms with van der Waals surface area (Å²) in [5.74, 6) is 0.00631. The maximum absolute atomic E-state index is 12.5. The minimum Gasteiger partial charge on any atom is -0.491 e. The fraction of sp³-hybridized carbons (Fsp3) is 0.368. The van der Waals surface area contributed by atoms with Crippen LogP contribution >= 0.6 is 0 Å². The number of aromatic nitrogens is 1. The SMILES string of the molecule is CN(CC(=O)NCc1ccccn1)CC(O)COc1ccc(C(F)(F)F)cc1. The maximum atomic E-state index is 12.5. The molecule has 28 heavy (non-hydrogen) atoms. The maximum Gasteiger partial charge on any atom is 0.416 e. The fourth-order valence-electron chi connectivity index (χ4n) is 2.40. The molecule has 0 saturated carbocycles. The Bertz CT molecular complexity index is 740. The van der Waals surface area contributed by atoms with Gasteiger partial charge in [-0.05, 0) is 43.4 Å². The summed E-state index contributed by atoms with van der Waals surface area (Å²) in [5.41, 5.74) is -0.0275. The second-order valence-electron chi connectivity index (χ2n) is 6.28. The number of aliphatic hydroxyl groups is 1. The lowest BCUT2D eigenvalue weighted by atomic mass is 10.2. The molecular formula is C19H22F3N3O3. The Labute approximate surface area is 161 Å². The zero-order valence-corrected chi connectivity index (χ0v) is 15.3. The zero-order valence-electron chi connectivity index (χ0n) is 15.3. The molecule has 0 aliphatic carbocycles. The lowest BCUT2D eigenvalue weighted by Crippen LogP contribution is -2.40. The van der Waals surface area contributed by atoms with Crippen molar-refractivity contribution in [3.8, 4) is 5.75 Å². The van der Waals surface area contributed by atoms with Crippen molar-refractivity contribution < 1.29 is 27.8 Å². The van der Waals surface area contributed by atoms with Crippen LogP contribution in [0.5, 0.6) is 5.75 Å². The summed E-state index contributed by atoms with van der Waals surface area (Å²) >= 11 is 0. The molecule has 1 atom stereocenters. The minimum absolute atomic E-state index is 0.0736. The molecule has 1 heterocycles. The molecule has 2 rings (SSSR count). The second-order valence-corrected chi connectivity index (χ2v) is 6.28. The molecule has 6 nitrogen and oxygen atoms in total. The highest BCUT2D eigenvalue weighted by molar-refractivity contribution is 5.77. The van der Waals surface area contributed by atoms with Gasteiger partial charge in [0.25, 0.3) is 0 Å². The van der Waals surface area contributed by atoms with Crippen molar-refractivity contribution in [1.82, 2.24) is 15.2 Å². The Morgan fingerprint density at radius 2 is 1.96 bits per heavy atom. The Balaban J connectivity index is 1.68. The van der Waals surface area contributed by atoms with Crippen molar-refractivity contribution in [2.45, 2.75) is 18.8 Å². The number of alkyl halides is 3. The van der Waals surface area contributed by atoms with Gasteiger partial charge in [0.15, 0.2) is 0 Å². The van der Waals surface area contributed by atoms with E-state index in [9.17, 15) is 23.1 Å². The number of benzene rings is 1. The van der Waals surface area contributed by atoms with Crippen molar-refractivity contribution in [1.29, 1.82) is 0 Å². The third-order valence-electron chi connectivity index (χ3n) is 3.75.